The normalized spacial score (nSPS) is 34.0. The zero-order chi connectivity index (χ0) is 9.59. The van der Waals surface area contributed by atoms with Crippen molar-refractivity contribution >= 4 is 6.03 Å². The van der Waals surface area contributed by atoms with Crippen LogP contribution < -0.4 is 0 Å². The van der Waals surface area contributed by atoms with Crippen LogP contribution in [0.15, 0.2) is 12.2 Å². The summed E-state index contributed by atoms with van der Waals surface area (Å²) in [6.45, 7) is 4.06. The molecule has 1 saturated heterocycles. The quantitative estimate of drug-likeness (QED) is 0.518. The topological polar surface area (TPSA) is 23.6 Å². The summed E-state index contributed by atoms with van der Waals surface area (Å²) in [5.74, 6) is 0. The zero-order valence-corrected chi connectivity index (χ0v) is 8.29. The van der Waals surface area contributed by atoms with Crippen LogP contribution in [0.1, 0.15) is 19.3 Å². The molecule has 1 heterocycles. The van der Waals surface area contributed by atoms with Crippen molar-refractivity contribution in [3.05, 3.63) is 12.2 Å². The Hall–Kier alpha value is -0.990. The maximum Gasteiger partial charge on any atom is 0.320 e. The maximum atomic E-state index is 11.6. The Morgan fingerprint density at radius 3 is 2.69 bits per heavy atom. The van der Waals surface area contributed by atoms with Crippen molar-refractivity contribution in [1.82, 2.24) is 9.80 Å². The van der Waals surface area contributed by atoms with E-state index >= 15 is 0 Å². The fourth-order valence-corrected chi connectivity index (χ4v) is 2.56. The van der Waals surface area contributed by atoms with Crippen LogP contribution in [0.2, 0.25) is 0 Å². The standard InChI is InChI=1S/C10H16N2O/c1-7-5-4-6-8-9(7)12(3)10(13)11(8)2/h8-9H,1,4-6H2,2-3H3. The molecule has 2 unspecified atom stereocenters. The van der Waals surface area contributed by atoms with E-state index in [0.29, 0.717) is 6.04 Å². The average molecular weight is 180 g/mol. The molecule has 0 aromatic heterocycles. The highest BCUT2D eigenvalue weighted by Gasteiger charge is 2.44. The molecule has 1 aliphatic carbocycles. The molecule has 2 fully saturated rings. The van der Waals surface area contributed by atoms with Gasteiger partial charge in [0.05, 0.1) is 12.1 Å². The van der Waals surface area contributed by atoms with Crippen LogP contribution in [0, 0.1) is 0 Å². The molecule has 0 N–H and O–H groups in total. The van der Waals surface area contributed by atoms with E-state index in [1.807, 2.05) is 23.9 Å². The number of hydrogen-bond acceptors (Lipinski definition) is 1. The van der Waals surface area contributed by atoms with Crippen LogP contribution in [-0.2, 0) is 0 Å². The van der Waals surface area contributed by atoms with Crippen LogP contribution >= 0.6 is 0 Å². The van der Waals surface area contributed by atoms with E-state index in [9.17, 15) is 4.79 Å². The smallest absolute Gasteiger partial charge is 0.320 e. The van der Waals surface area contributed by atoms with Crippen LogP contribution in [0.5, 0.6) is 0 Å². The van der Waals surface area contributed by atoms with Crippen molar-refractivity contribution < 1.29 is 4.79 Å². The van der Waals surface area contributed by atoms with E-state index < -0.39 is 0 Å². The monoisotopic (exact) mass is 180 g/mol. The van der Waals surface area contributed by atoms with E-state index in [2.05, 4.69) is 6.58 Å². The van der Waals surface area contributed by atoms with Crippen LogP contribution in [0.25, 0.3) is 0 Å². The van der Waals surface area contributed by atoms with Crippen LogP contribution in [0.3, 0.4) is 0 Å². The number of carbonyl (C=O) groups excluding carboxylic acids is 1. The van der Waals surface area contributed by atoms with Gasteiger partial charge in [0, 0.05) is 14.1 Å². The highest BCUT2D eigenvalue weighted by atomic mass is 16.2. The lowest BCUT2D eigenvalue weighted by Crippen LogP contribution is -2.39. The Bertz CT molecular complexity index is 262. The zero-order valence-electron chi connectivity index (χ0n) is 8.29. The Kier molecular flexibility index (Phi) is 1.82. The number of nitrogens with zero attached hydrogens (tertiary/aromatic N) is 2. The largest absolute Gasteiger partial charge is 0.322 e. The summed E-state index contributed by atoms with van der Waals surface area (Å²) in [7, 11) is 3.77. The van der Waals surface area contributed by atoms with Gasteiger partial charge in [0.2, 0.25) is 0 Å². The second-order valence-corrected chi connectivity index (χ2v) is 4.07. The number of hydrogen-bond donors (Lipinski definition) is 0. The van der Waals surface area contributed by atoms with Gasteiger partial charge in [0.15, 0.2) is 0 Å². The number of fused-ring (bicyclic) bond motifs is 1. The van der Waals surface area contributed by atoms with E-state index in [0.717, 1.165) is 12.8 Å². The first-order chi connectivity index (χ1) is 6.13. The van der Waals surface area contributed by atoms with E-state index in [-0.39, 0.29) is 12.1 Å². The first-order valence-corrected chi connectivity index (χ1v) is 4.80. The Morgan fingerprint density at radius 1 is 1.38 bits per heavy atom. The molecule has 0 bridgehead atoms. The lowest BCUT2D eigenvalue weighted by molar-refractivity contribution is 0.200. The molecule has 2 aliphatic rings. The summed E-state index contributed by atoms with van der Waals surface area (Å²) in [5, 5.41) is 0. The molecule has 0 radical (unpaired) electrons. The number of carbonyl (C=O) groups is 1. The van der Waals surface area contributed by atoms with Gasteiger partial charge in [0.25, 0.3) is 0 Å². The van der Waals surface area contributed by atoms with Crippen molar-refractivity contribution in [2.75, 3.05) is 14.1 Å². The molecule has 3 heteroatoms. The van der Waals surface area contributed by atoms with Gasteiger partial charge in [-0.3, -0.25) is 0 Å². The molecule has 2 amide bonds. The average Bonchev–Trinajstić information content (AvgIpc) is 2.33. The van der Waals surface area contributed by atoms with Gasteiger partial charge in [-0.1, -0.05) is 12.2 Å². The minimum atomic E-state index is 0.137. The first kappa shape index (κ1) is 8.60. The van der Waals surface area contributed by atoms with Gasteiger partial charge >= 0.3 is 6.03 Å². The summed E-state index contributed by atoms with van der Waals surface area (Å²) in [6, 6.07) is 0.781. The van der Waals surface area contributed by atoms with E-state index in [1.165, 1.54) is 12.0 Å². The van der Waals surface area contributed by atoms with Gasteiger partial charge in [-0.15, -0.1) is 0 Å². The van der Waals surface area contributed by atoms with Crippen molar-refractivity contribution in [2.45, 2.75) is 31.3 Å². The summed E-state index contributed by atoms with van der Waals surface area (Å²) < 4.78 is 0. The third kappa shape index (κ3) is 1.06. The molecule has 2 rings (SSSR count). The Labute approximate surface area is 79.0 Å². The number of urea groups is 1. The predicted molar refractivity (Wildman–Crippen MR) is 51.5 cm³/mol. The van der Waals surface area contributed by atoms with E-state index in [4.69, 9.17) is 0 Å². The minimum Gasteiger partial charge on any atom is -0.322 e. The molecular formula is C10H16N2O. The molecular weight excluding hydrogens is 164 g/mol. The van der Waals surface area contributed by atoms with Gasteiger partial charge in [-0.2, -0.15) is 0 Å². The fraction of sp³-hybridized carbons (Fsp3) is 0.700. The molecule has 3 nitrogen and oxygen atoms in total. The highest BCUT2D eigenvalue weighted by molar-refractivity contribution is 5.78. The van der Waals surface area contributed by atoms with E-state index in [1.54, 1.807) is 0 Å². The van der Waals surface area contributed by atoms with Crippen LogP contribution in [-0.4, -0.2) is 42.0 Å². The molecule has 1 aliphatic heterocycles. The van der Waals surface area contributed by atoms with Gasteiger partial charge in [0.1, 0.15) is 0 Å². The molecule has 1 saturated carbocycles. The van der Waals surface area contributed by atoms with Gasteiger partial charge < -0.3 is 9.80 Å². The van der Waals surface area contributed by atoms with Crippen molar-refractivity contribution in [1.29, 1.82) is 0 Å². The molecule has 0 aromatic rings. The molecule has 72 valence electrons. The van der Waals surface area contributed by atoms with Gasteiger partial charge in [-0.25, -0.2) is 4.79 Å². The second kappa shape index (κ2) is 2.76. The summed E-state index contributed by atoms with van der Waals surface area (Å²) >= 11 is 0. The van der Waals surface area contributed by atoms with Crippen molar-refractivity contribution in [3.8, 4) is 0 Å². The highest BCUT2D eigenvalue weighted by Crippen LogP contribution is 2.34. The first-order valence-electron chi connectivity index (χ1n) is 4.80. The number of amides is 2. The second-order valence-electron chi connectivity index (χ2n) is 4.07. The van der Waals surface area contributed by atoms with Crippen molar-refractivity contribution in [2.24, 2.45) is 0 Å². The molecule has 0 aromatic carbocycles. The SMILES string of the molecule is C=C1CCCC2C1N(C)C(=O)N2C. The molecule has 13 heavy (non-hydrogen) atoms. The maximum absolute atomic E-state index is 11.6. The number of rotatable bonds is 0. The fourth-order valence-electron chi connectivity index (χ4n) is 2.56. The van der Waals surface area contributed by atoms with Crippen molar-refractivity contribution in [3.63, 3.8) is 0 Å². The predicted octanol–water partition coefficient (Wildman–Crippen LogP) is 1.46. The van der Waals surface area contributed by atoms with Crippen LogP contribution in [0.4, 0.5) is 4.79 Å². The Balaban J connectivity index is 2.29. The lowest BCUT2D eigenvalue weighted by atomic mass is 9.87. The third-order valence-corrected chi connectivity index (χ3v) is 3.30. The van der Waals surface area contributed by atoms with Gasteiger partial charge in [-0.05, 0) is 19.3 Å². The summed E-state index contributed by atoms with van der Waals surface area (Å²) in [5.41, 5.74) is 1.22. The lowest BCUT2D eigenvalue weighted by Gasteiger charge is -2.31. The Morgan fingerprint density at radius 2 is 2.08 bits per heavy atom. The molecule has 2 atom stereocenters. The summed E-state index contributed by atoms with van der Waals surface area (Å²) in [4.78, 5) is 15.3. The minimum absolute atomic E-state index is 0.137. The molecule has 0 spiro atoms. The number of likely N-dealkylation sites (N-methyl/N-ethyl adjacent to an activating group) is 2. The summed E-state index contributed by atoms with van der Waals surface area (Å²) in [6.07, 6.45) is 3.37. The third-order valence-electron chi connectivity index (χ3n) is 3.30.